The molecule has 3 aliphatic rings. The van der Waals surface area contributed by atoms with Gasteiger partial charge in [-0.1, -0.05) is 12.1 Å². The molecule has 0 spiro atoms. The molecule has 6 aromatic rings. The monoisotopic (exact) mass is 628 g/mol. The van der Waals surface area contributed by atoms with Gasteiger partial charge >= 0.3 is 0 Å². The molecule has 9 rings (SSSR count). The van der Waals surface area contributed by atoms with Crippen LogP contribution in [0.3, 0.4) is 0 Å². The first-order chi connectivity index (χ1) is 22.9. The van der Waals surface area contributed by atoms with Crippen LogP contribution in [-0.2, 0) is 13.6 Å². The van der Waals surface area contributed by atoms with Crippen molar-refractivity contribution in [2.75, 3.05) is 13.7 Å². The van der Waals surface area contributed by atoms with Gasteiger partial charge in [0.05, 0.1) is 24.0 Å². The number of aryl methyl sites for hydroxylation is 2. The molecule has 0 radical (unpaired) electrons. The lowest BCUT2D eigenvalue weighted by Gasteiger charge is -2.27. The SMILES string of the molecule is COc1cc(C(=O)N2CC3CCC2C3N)cc2nc(-c3cc4ccc(-c5ccc(-c6nnc(C)o6)cc5)nc4n3CC3CC3)n(C)c12. The fourth-order valence-corrected chi connectivity index (χ4v) is 7.68. The van der Waals surface area contributed by atoms with Gasteiger partial charge in [0.1, 0.15) is 16.9 Å². The van der Waals surface area contributed by atoms with Crippen LogP contribution in [0.15, 0.2) is 59.0 Å². The first-order valence-corrected chi connectivity index (χ1v) is 16.4. The maximum absolute atomic E-state index is 13.8. The largest absolute Gasteiger partial charge is 0.494 e. The van der Waals surface area contributed by atoms with E-state index in [0.717, 1.165) is 76.3 Å². The highest BCUT2D eigenvalue weighted by Crippen LogP contribution is 2.40. The lowest BCUT2D eigenvalue weighted by Crippen LogP contribution is -2.41. The summed E-state index contributed by atoms with van der Waals surface area (Å²) < 4.78 is 15.9. The van der Waals surface area contributed by atoms with Gasteiger partial charge in [-0.15, -0.1) is 10.2 Å². The Morgan fingerprint density at radius 1 is 1.00 bits per heavy atom. The molecule has 1 saturated heterocycles. The zero-order valence-corrected chi connectivity index (χ0v) is 26.7. The lowest BCUT2D eigenvalue weighted by molar-refractivity contribution is 0.0700. The van der Waals surface area contributed by atoms with E-state index in [1.54, 1.807) is 14.0 Å². The Morgan fingerprint density at radius 2 is 1.81 bits per heavy atom. The maximum Gasteiger partial charge on any atom is 0.254 e. The van der Waals surface area contributed by atoms with E-state index in [2.05, 4.69) is 37.5 Å². The van der Waals surface area contributed by atoms with Gasteiger partial charge in [0.2, 0.25) is 11.8 Å². The normalized spacial score (nSPS) is 20.6. The Kier molecular flexibility index (Phi) is 6.30. The van der Waals surface area contributed by atoms with Crippen LogP contribution in [0, 0.1) is 18.8 Å². The van der Waals surface area contributed by atoms with E-state index in [0.29, 0.717) is 34.9 Å². The van der Waals surface area contributed by atoms with Crippen LogP contribution < -0.4 is 10.5 Å². The van der Waals surface area contributed by atoms with E-state index >= 15 is 0 Å². The molecule has 1 aliphatic heterocycles. The number of carbonyl (C=O) groups excluding carboxylic acids is 1. The Balaban J connectivity index is 1.11. The van der Waals surface area contributed by atoms with E-state index in [1.165, 1.54) is 12.8 Å². The molecule has 2 N–H and O–H groups in total. The van der Waals surface area contributed by atoms with Crippen LogP contribution in [0.25, 0.3) is 56.3 Å². The number of carbonyl (C=O) groups is 1. The molecular weight excluding hydrogens is 592 g/mol. The number of methoxy groups -OCH3 is 1. The van der Waals surface area contributed by atoms with E-state index in [1.807, 2.05) is 48.3 Å². The molecule has 11 heteroatoms. The van der Waals surface area contributed by atoms with Crippen molar-refractivity contribution >= 4 is 28.0 Å². The fraction of sp³-hybridized carbons (Fsp3) is 0.361. The number of benzene rings is 2. The summed E-state index contributed by atoms with van der Waals surface area (Å²) in [7, 11) is 3.66. The third-order valence-electron chi connectivity index (χ3n) is 10.4. The van der Waals surface area contributed by atoms with Gasteiger partial charge in [-0.25, -0.2) is 9.97 Å². The summed E-state index contributed by atoms with van der Waals surface area (Å²) in [6.45, 7) is 3.37. The number of amides is 1. The summed E-state index contributed by atoms with van der Waals surface area (Å²) in [5, 5.41) is 9.13. The van der Waals surface area contributed by atoms with Crippen LogP contribution in [0.1, 0.15) is 41.9 Å². The number of ether oxygens (including phenoxy) is 1. The van der Waals surface area contributed by atoms with Gasteiger partial charge in [0.25, 0.3) is 5.91 Å². The fourth-order valence-electron chi connectivity index (χ4n) is 7.68. The number of imidazole rings is 1. The number of hydrogen-bond acceptors (Lipinski definition) is 8. The quantitative estimate of drug-likeness (QED) is 0.242. The molecule has 238 valence electrons. The highest BCUT2D eigenvalue weighted by atomic mass is 16.5. The number of fused-ring (bicyclic) bond motifs is 4. The van der Waals surface area contributed by atoms with E-state index < -0.39 is 0 Å². The molecule has 5 heterocycles. The smallest absolute Gasteiger partial charge is 0.254 e. The molecule has 3 atom stereocenters. The second-order valence-electron chi connectivity index (χ2n) is 13.4. The minimum absolute atomic E-state index is 0.000124. The summed E-state index contributed by atoms with van der Waals surface area (Å²) in [6, 6.07) is 18.3. The molecule has 2 bridgehead atoms. The Bertz CT molecular complexity index is 2190. The Hall–Kier alpha value is -5.03. The van der Waals surface area contributed by atoms with Gasteiger partial charge in [-0.05, 0) is 80.0 Å². The number of nitrogens with two attached hydrogens (primary N) is 1. The van der Waals surface area contributed by atoms with E-state index in [9.17, 15) is 4.79 Å². The zero-order chi connectivity index (χ0) is 32.0. The summed E-state index contributed by atoms with van der Waals surface area (Å²) in [5.41, 5.74) is 13.3. The number of hydrogen-bond donors (Lipinski definition) is 1. The van der Waals surface area contributed by atoms with Crippen LogP contribution in [0.4, 0.5) is 0 Å². The van der Waals surface area contributed by atoms with Crippen LogP contribution in [0.2, 0.25) is 0 Å². The predicted molar refractivity (Wildman–Crippen MR) is 178 cm³/mol. The highest BCUT2D eigenvalue weighted by molar-refractivity contribution is 6.00. The van der Waals surface area contributed by atoms with Crippen LogP contribution in [-0.4, -0.2) is 65.8 Å². The van der Waals surface area contributed by atoms with E-state index in [4.69, 9.17) is 24.9 Å². The number of nitrogens with zero attached hydrogens (tertiary/aromatic N) is 7. The van der Waals surface area contributed by atoms with Gasteiger partial charge in [0.15, 0.2) is 5.82 Å². The third kappa shape index (κ3) is 4.55. The lowest BCUT2D eigenvalue weighted by atomic mass is 10.1. The zero-order valence-electron chi connectivity index (χ0n) is 26.7. The molecular formula is C36H36N8O3. The molecule has 47 heavy (non-hydrogen) atoms. The van der Waals surface area contributed by atoms with Crippen molar-refractivity contribution in [3.8, 4) is 40.0 Å². The van der Waals surface area contributed by atoms with Crippen molar-refractivity contribution in [3.05, 3.63) is 66.1 Å². The number of piperidine rings is 1. The highest BCUT2D eigenvalue weighted by Gasteiger charge is 2.47. The predicted octanol–water partition coefficient (Wildman–Crippen LogP) is 5.60. The summed E-state index contributed by atoms with van der Waals surface area (Å²) in [4.78, 5) is 26.1. The van der Waals surface area contributed by atoms with Crippen LogP contribution >= 0.6 is 0 Å². The molecule has 11 nitrogen and oxygen atoms in total. The standard InChI is InChI=1S/C36H36N8O3/c1-19-40-41-35(47-19)22-8-6-21(7-9-22)26-12-10-23-15-29(43(33(23)38-26)17-20-4-5-20)34-39-27-14-25(16-30(46-3)32(27)42(34)2)36(45)44-18-24-11-13-28(44)31(24)37/h6-10,12,14-16,20,24,28,31H,4-5,11,13,17-18,37H2,1-3H3. The molecule has 2 aliphatic carbocycles. The average Bonchev–Trinajstić information content (AvgIpc) is 3.34. The maximum atomic E-state index is 13.8. The molecule has 2 saturated carbocycles. The van der Waals surface area contributed by atoms with Crippen molar-refractivity contribution in [1.29, 1.82) is 0 Å². The molecule has 4 aromatic heterocycles. The number of rotatable bonds is 7. The molecule has 1 amide bonds. The number of pyridine rings is 1. The van der Waals surface area contributed by atoms with Crippen molar-refractivity contribution < 1.29 is 13.9 Å². The minimum Gasteiger partial charge on any atom is -0.494 e. The van der Waals surface area contributed by atoms with Gasteiger partial charge < -0.3 is 28.9 Å². The first-order valence-electron chi connectivity index (χ1n) is 16.4. The molecule has 3 fully saturated rings. The van der Waals surface area contributed by atoms with Gasteiger partial charge in [-0.2, -0.15) is 0 Å². The Labute approximate surface area is 271 Å². The van der Waals surface area contributed by atoms with Gasteiger partial charge in [-0.3, -0.25) is 4.79 Å². The molecule has 3 unspecified atom stereocenters. The van der Waals surface area contributed by atoms with Crippen molar-refractivity contribution in [2.24, 2.45) is 24.6 Å². The first kappa shape index (κ1) is 28.2. The van der Waals surface area contributed by atoms with Crippen molar-refractivity contribution in [1.82, 2.24) is 34.2 Å². The average molecular weight is 629 g/mol. The van der Waals surface area contributed by atoms with Gasteiger partial charge in [0, 0.05) is 61.2 Å². The number of aromatic nitrogens is 6. The third-order valence-corrected chi connectivity index (χ3v) is 10.4. The molecule has 2 aromatic carbocycles. The number of likely N-dealkylation sites (tertiary alicyclic amines) is 1. The van der Waals surface area contributed by atoms with Crippen molar-refractivity contribution in [2.45, 2.75) is 51.2 Å². The Morgan fingerprint density at radius 3 is 2.49 bits per heavy atom. The second kappa shape index (κ2) is 10.5. The summed E-state index contributed by atoms with van der Waals surface area (Å²) in [6.07, 6.45) is 4.48. The summed E-state index contributed by atoms with van der Waals surface area (Å²) >= 11 is 0. The minimum atomic E-state index is -0.000124. The summed E-state index contributed by atoms with van der Waals surface area (Å²) in [5.74, 6) is 3.48. The van der Waals surface area contributed by atoms with E-state index in [-0.39, 0.29) is 18.0 Å². The van der Waals surface area contributed by atoms with Crippen LogP contribution in [0.5, 0.6) is 5.75 Å². The second-order valence-corrected chi connectivity index (χ2v) is 13.4. The topological polar surface area (TPSA) is 130 Å². The van der Waals surface area contributed by atoms with Crippen molar-refractivity contribution in [3.63, 3.8) is 0 Å².